The third-order valence-electron chi connectivity index (χ3n) is 2.32. The number of rotatable bonds is 1. The molecule has 1 aliphatic heterocycles. The van der Waals surface area contributed by atoms with Crippen LogP contribution in [0.5, 0.6) is 0 Å². The number of nitrogens with one attached hydrogen (secondary N) is 1. The number of hydrogen-bond donors (Lipinski definition) is 1. The van der Waals surface area contributed by atoms with E-state index in [2.05, 4.69) is 29.6 Å². The average molecular weight is 163 g/mol. The quantitative estimate of drug-likeness (QED) is 0.677. The molecule has 12 heavy (non-hydrogen) atoms. The van der Waals surface area contributed by atoms with Crippen LogP contribution in [0.1, 0.15) is 17.2 Å². The minimum absolute atomic E-state index is 0.370. The van der Waals surface area contributed by atoms with Crippen LogP contribution in [0, 0.1) is 0 Å². The molecule has 0 spiro atoms. The lowest BCUT2D eigenvalue weighted by Crippen LogP contribution is -2.26. The Bertz CT molecular complexity index is 272. The summed E-state index contributed by atoms with van der Waals surface area (Å²) < 4.78 is 5.44. The van der Waals surface area contributed by atoms with Gasteiger partial charge in [-0.05, 0) is 18.2 Å². The molecule has 1 aromatic carbocycles. The van der Waals surface area contributed by atoms with Crippen molar-refractivity contribution in [3.63, 3.8) is 0 Å². The zero-order valence-corrected chi connectivity index (χ0v) is 7.21. The van der Waals surface area contributed by atoms with Gasteiger partial charge < -0.3 is 10.1 Å². The molecule has 1 heterocycles. The average Bonchev–Trinajstić information content (AvgIpc) is 2.17. The third-order valence-corrected chi connectivity index (χ3v) is 2.32. The Hall–Kier alpha value is -0.860. The molecule has 2 rings (SSSR count). The third kappa shape index (κ3) is 1.24. The van der Waals surface area contributed by atoms with Crippen molar-refractivity contribution in [3.05, 3.63) is 35.4 Å². The lowest BCUT2D eigenvalue weighted by molar-refractivity contribution is 0.0844. The molecule has 0 saturated carbocycles. The highest BCUT2D eigenvalue weighted by Gasteiger charge is 2.17. The number of likely N-dealkylation sites (N-methyl/N-ethyl adjacent to an activating group) is 1. The summed E-state index contributed by atoms with van der Waals surface area (Å²) in [6.45, 7) is 1.54. The van der Waals surface area contributed by atoms with Gasteiger partial charge in [0.05, 0.1) is 19.3 Å². The van der Waals surface area contributed by atoms with E-state index in [1.807, 2.05) is 7.05 Å². The molecule has 0 aliphatic carbocycles. The molecule has 2 heteroatoms. The van der Waals surface area contributed by atoms with E-state index in [0.717, 1.165) is 13.2 Å². The van der Waals surface area contributed by atoms with E-state index < -0.39 is 0 Å². The smallest absolute Gasteiger partial charge is 0.0721 e. The molecule has 64 valence electrons. The lowest BCUT2D eigenvalue weighted by Gasteiger charge is -2.24. The normalized spacial score (nSPS) is 21.9. The minimum atomic E-state index is 0.370. The fourth-order valence-electron chi connectivity index (χ4n) is 1.62. The molecule has 1 aliphatic rings. The van der Waals surface area contributed by atoms with Crippen molar-refractivity contribution in [3.8, 4) is 0 Å². The molecule has 1 aromatic rings. The van der Waals surface area contributed by atoms with Crippen LogP contribution < -0.4 is 5.32 Å². The van der Waals surface area contributed by atoms with Crippen LogP contribution in [0.4, 0.5) is 0 Å². The van der Waals surface area contributed by atoms with E-state index >= 15 is 0 Å². The van der Waals surface area contributed by atoms with Crippen molar-refractivity contribution in [1.82, 2.24) is 5.32 Å². The molecule has 1 N–H and O–H groups in total. The predicted molar refractivity (Wildman–Crippen MR) is 47.9 cm³/mol. The van der Waals surface area contributed by atoms with Gasteiger partial charge in [-0.25, -0.2) is 0 Å². The van der Waals surface area contributed by atoms with Gasteiger partial charge in [0, 0.05) is 0 Å². The van der Waals surface area contributed by atoms with E-state index in [1.54, 1.807) is 0 Å². The highest BCUT2D eigenvalue weighted by Crippen LogP contribution is 2.23. The van der Waals surface area contributed by atoms with E-state index in [-0.39, 0.29) is 0 Å². The number of ether oxygens (including phenoxy) is 1. The first-order valence-electron chi connectivity index (χ1n) is 4.24. The second kappa shape index (κ2) is 3.25. The molecule has 1 unspecified atom stereocenters. The topological polar surface area (TPSA) is 21.3 Å². The molecule has 0 amide bonds. The fourth-order valence-corrected chi connectivity index (χ4v) is 1.62. The number of hydrogen-bond acceptors (Lipinski definition) is 2. The molecule has 2 nitrogen and oxygen atoms in total. The summed E-state index contributed by atoms with van der Waals surface area (Å²) in [5, 5.41) is 3.24. The Morgan fingerprint density at radius 1 is 1.42 bits per heavy atom. The van der Waals surface area contributed by atoms with Crippen molar-refractivity contribution in [2.45, 2.75) is 12.6 Å². The Labute approximate surface area is 72.5 Å². The maximum atomic E-state index is 5.44. The van der Waals surface area contributed by atoms with Crippen molar-refractivity contribution in [2.75, 3.05) is 13.7 Å². The minimum Gasteiger partial charge on any atom is -0.375 e. The SMILES string of the molecule is CNC1COCc2ccccc21. The van der Waals surface area contributed by atoms with Crippen molar-refractivity contribution >= 4 is 0 Å². The van der Waals surface area contributed by atoms with Gasteiger partial charge in [0.2, 0.25) is 0 Å². The van der Waals surface area contributed by atoms with Crippen LogP contribution in [0.3, 0.4) is 0 Å². The van der Waals surface area contributed by atoms with E-state index in [4.69, 9.17) is 4.74 Å². The van der Waals surface area contributed by atoms with Gasteiger partial charge in [0.15, 0.2) is 0 Å². The summed E-state index contributed by atoms with van der Waals surface area (Å²) in [6.07, 6.45) is 0. The summed E-state index contributed by atoms with van der Waals surface area (Å²) in [4.78, 5) is 0. The number of fused-ring (bicyclic) bond motifs is 1. The largest absolute Gasteiger partial charge is 0.375 e. The first-order valence-corrected chi connectivity index (χ1v) is 4.24. The molecule has 0 saturated heterocycles. The van der Waals surface area contributed by atoms with Crippen LogP contribution in [0.15, 0.2) is 24.3 Å². The molecule has 0 fully saturated rings. The molecule has 0 bridgehead atoms. The van der Waals surface area contributed by atoms with Gasteiger partial charge in [-0.3, -0.25) is 0 Å². The molecule has 1 atom stereocenters. The van der Waals surface area contributed by atoms with E-state index in [0.29, 0.717) is 6.04 Å². The second-order valence-corrected chi connectivity index (χ2v) is 3.06. The molecule has 0 radical (unpaired) electrons. The zero-order valence-electron chi connectivity index (χ0n) is 7.21. The zero-order chi connectivity index (χ0) is 8.39. The van der Waals surface area contributed by atoms with E-state index in [9.17, 15) is 0 Å². The van der Waals surface area contributed by atoms with Crippen molar-refractivity contribution in [2.24, 2.45) is 0 Å². The highest BCUT2D eigenvalue weighted by atomic mass is 16.5. The fraction of sp³-hybridized carbons (Fsp3) is 0.400. The van der Waals surface area contributed by atoms with Crippen LogP contribution >= 0.6 is 0 Å². The summed E-state index contributed by atoms with van der Waals surface area (Å²) >= 11 is 0. The molecule has 0 aromatic heterocycles. The highest BCUT2D eigenvalue weighted by molar-refractivity contribution is 5.30. The van der Waals surface area contributed by atoms with Crippen LogP contribution in [-0.4, -0.2) is 13.7 Å². The second-order valence-electron chi connectivity index (χ2n) is 3.06. The summed E-state index contributed by atoms with van der Waals surface area (Å²) in [5.41, 5.74) is 2.69. The standard InChI is InChI=1S/C10H13NO/c1-11-10-7-12-6-8-4-2-3-5-9(8)10/h2-5,10-11H,6-7H2,1H3. The summed E-state index contributed by atoms with van der Waals surface area (Å²) in [7, 11) is 1.97. The Morgan fingerprint density at radius 3 is 3.08 bits per heavy atom. The van der Waals surface area contributed by atoms with Gasteiger partial charge in [-0.15, -0.1) is 0 Å². The van der Waals surface area contributed by atoms with Gasteiger partial charge in [0.1, 0.15) is 0 Å². The monoisotopic (exact) mass is 163 g/mol. The van der Waals surface area contributed by atoms with Crippen molar-refractivity contribution in [1.29, 1.82) is 0 Å². The van der Waals surface area contributed by atoms with Gasteiger partial charge >= 0.3 is 0 Å². The Balaban J connectivity index is 2.37. The summed E-state index contributed by atoms with van der Waals surface area (Å²) in [5.74, 6) is 0. The van der Waals surface area contributed by atoms with Crippen LogP contribution in [0.2, 0.25) is 0 Å². The molecular weight excluding hydrogens is 150 g/mol. The Morgan fingerprint density at radius 2 is 2.25 bits per heavy atom. The predicted octanol–water partition coefficient (Wildman–Crippen LogP) is 1.48. The van der Waals surface area contributed by atoms with Crippen molar-refractivity contribution < 1.29 is 4.74 Å². The first kappa shape index (κ1) is 7.77. The van der Waals surface area contributed by atoms with Gasteiger partial charge in [0.25, 0.3) is 0 Å². The van der Waals surface area contributed by atoms with E-state index in [1.165, 1.54) is 11.1 Å². The van der Waals surface area contributed by atoms with Crippen LogP contribution in [0.25, 0.3) is 0 Å². The Kier molecular flexibility index (Phi) is 2.11. The maximum Gasteiger partial charge on any atom is 0.0721 e. The number of benzene rings is 1. The first-order chi connectivity index (χ1) is 5.92. The van der Waals surface area contributed by atoms with Gasteiger partial charge in [-0.1, -0.05) is 24.3 Å². The van der Waals surface area contributed by atoms with Gasteiger partial charge in [-0.2, -0.15) is 0 Å². The van der Waals surface area contributed by atoms with Crippen LogP contribution in [-0.2, 0) is 11.3 Å². The maximum absolute atomic E-state index is 5.44. The molecular formula is C10H13NO. The summed E-state index contributed by atoms with van der Waals surface area (Å²) in [6, 6.07) is 8.79. The lowest BCUT2D eigenvalue weighted by atomic mass is 9.99.